The molecule has 2 unspecified atom stereocenters. The van der Waals surface area contributed by atoms with Crippen molar-refractivity contribution in [3.63, 3.8) is 0 Å². The van der Waals surface area contributed by atoms with E-state index < -0.39 is 0 Å². The molecular weight excluding hydrogens is 218 g/mol. The van der Waals surface area contributed by atoms with Crippen molar-refractivity contribution in [3.05, 3.63) is 11.7 Å². The molecule has 1 N–H and O–H groups in total. The Hall–Kier alpha value is -0.940. The second-order valence-electron chi connectivity index (χ2n) is 5.36. The van der Waals surface area contributed by atoms with Crippen molar-refractivity contribution >= 4 is 0 Å². The normalized spacial score (nSPS) is 34.1. The van der Waals surface area contributed by atoms with E-state index in [1.807, 2.05) is 0 Å². The van der Waals surface area contributed by atoms with E-state index in [9.17, 15) is 0 Å². The second-order valence-corrected chi connectivity index (χ2v) is 5.36. The van der Waals surface area contributed by atoms with Crippen molar-refractivity contribution in [1.29, 1.82) is 0 Å². The van der Waals surface area contributed by atoms with Gasteiger partial charge in [-0.1, -0.05) is 5.16 Å². The molecule has 0 saturated carbocycles. The van der Waals surface area contributed by atoms with E-state index in [1.165, 1.54) is 0 Å². The molecule has 3 rings (SSSR count). The zero-order chi connectivity index (χ0) is 11.7. The van der Waals surface area contributed by atoms with Gasteiger partial charge >= 0.3 is 0 Å². The van der Waals surface area contributed by atoms with Crippen LogP contribution < -0.4 is 5.32 Å². The van der Waals surface area contributed by atoms with E-state index in [4.69, 9.17) is 9.26 Å². The minimum Gasteiger partial charge on any atom is -0.380 e. The Bertz CT molecular complexity index is 379. The van der Waals surface area contributed by atoms with Gasteiger partial charge in [0.1, 0.15) is 0 Å². The molecule has 3 heterocycles. The minimum atomic E-state index is -0.0878. The van der Waals surface area contributed by atoms with Gasteiger partial charge in [-0.15, -0.1) is 0 Å². The van der Waals surface area contributed by atoms with Crippen LogP contribution in [0.2, 0.25) is 0 Å². The largest absolute Gasteiger partial charge is 0.380 e. The van der Waals surface area contributed by atoms with Crippen LogP contribution in [-0.2, 0) is 10.2 Å². The van der Waals surface area contributed by atoms with Crippen LogP contribution in [0.25, 0.3) is 0 Å². The van der Waals surface area contributed by atoms with Gasteiger partial charge in [0.05, 0.1) is 12.0 Å². The lowest BCUT2D eigenvalue weighted by Crippen LogP contribution is -2.33. The second kappa shape index (κ2) is 4.38. The van der Waals surface area contributed by atoms with Crippen LogP contribution in [-0.4, -0.2) is 36.4 Å². The summed E-state index contributed by atoms with van der Waals surface area (Å²) in [7, 11) is 0. The van der Waals surface area contributed by atoms with Gasteiger partial charge < -0.3 is 14.6 Å². The quantitative estimate of drug-likeness (QED) is 0.838. The fourth-order valence-corrected chi connectivity index (χ4v) is 2.62. The van der Waals surface area contributed by atoms with E-state index in [1.54, 1.807) is 0 Å². The van der Waals surface area contributed by atoms with Gasteiger partial charge in [-0.2, -0.15) is 4.98 Å². The Morgan fingerprint density at radius 2 is 2.41 bits per heavy atom. The van der Waals surface area contributed by atoms with E-state index in [0.717, 1.165) is 50.7 Å². The van der Waals surface area contributed by atoms with Crippen LogP contribution in [0, 0.1) is 0 Å². The van der Waals surface area contributed by atoms with Crippen LogP contribution in [0.3, 0.4) is 0 Å². The molecule has 2 aliphatic rings. The number of hydrogen-bond acceptors (Lipinski definition) is 5. The first-order chi connectivity index (χ1) is 8.28. The third kappa shape index (κ3) is 2.09. The van der Waals surface area contributed by atoms with Gasteiger partial charge in [0.2, 0.25) is 5.89 Å². The minimum absolute atomic E-state index is 0.0878. The highest BCUT2D eigenvalue weighted by atomic mass is 16.5. The molecule has 0 radical (unpaired) electrons. The van der Waals surface area contributed by atoms with Crippen LogP contribution in [0.15, 0.2) is 4.52 Å². The molecule has 0 bridgehead atoms. The molecule has 94 valence electrons. The highest BCUT2D eigenvalue weighted by Gasteiger charge is 2.36. The predicted octanol–water partition coefficient (Wildman–Crippen LogP) is 1.21. The average molecular weight is 237 g/mol. The predicted molar refractivity (Wildman–Crippen MR) is 61.9 cm³/mol. The average Bonchev–Trinajstić information content (AvgIpc) is 3.01. The summed E-state index contributed by atoms with van der Waals surface area (Å²) in [5.41, 5.74) is -0.0878. The fourth-order valence-electron chi connectivity index (χ4n) is 2.62. The van der Waals surface area contributed by atoms with Crippen molar-refractivity contribution in [2.75, 3.05) is 26.3 Å². The summed E-state index contributed by atoms with van der Waals surface area (Å²) >= 11 is 0. The van der Waals surface area contributed by atoms with Crippen molar-refractivity contribution < 1.29 is 9.26 Å². The molecule has 5 nitrogen and oxygen atoms in total. The summed E-state index contributed by atoms with van der Waals surface area (Å²) in [6.45, 7) is 5.71. The van der Waals surface area contributed by atoms with Crippen molar-refractivity contribution in [1.82, 2.24) is 15.5 Å². The van der Waals surface area contributed by atoms with E-state index in [2.05, 4.69) is 22.4 Å². The van der Waals surface area contributed by atoms with Crippen LogP contribution >= 0.6 is 0 Å². The monoisotopic (exact) mass is 237 g/mol. The summed E-state index contributed by atoms with van der Waals surface area (Å²) < 4.78 is 11.0. The molecule has 0 aromatic carbocycles. The van der Waals surface area contributed by atoms with Gasteiger partial charge in [0, 0.05) is 19.1 Å². The number of rotatable bonds is 2. The van der Waals surface area contributed by atoms with Gasteiger partial charge in [0.25, 0.3) is 0 Å². The smallest absolute Gasteiger partial charge is 0.234 e. The number of aromatic nitrogens is 2. The van der Waals surface area contributed by atoms with Crippen molar-refractivity contribution in [2.24, 2.45) is 0 Å². The summed E-state index contributed by atoms with van der Waals surface area (Å²) in [5, 5.41) is 7.46. The van der Waals surface area contributed by atoms with Crippen LogP contribution in [0.5, 0.6) is 0 Å². The van der Waals surface area contributed by atoms with Crippen LogP contribution in [0.4, 0.5) is 0 Å². The Morgan fingerprint density at radius 1 is 1.47 bits per heavy atom. The summed E-state index contributed by atoms with van der Waals surface area (Å²) in [6.07, 6.45) is 3.24. The highest BCUT2D eigenvalue weighted by molar-refractivity contribution is 5.07. The molecule has 2 aliphatic heterocycles. The fraction of sp³-hybridized carbons (Fsp3) is 0.833. The van der Waals surface area contributed by atoms with E-state index in [0.29, 0.717) is 12.5 Å². The molecule has 17 heavy (non-hydrogen) atoms. The summed E-state index contributed by atoms with van der Waals surface area (Å²) in [4.78, 5) is 4.59. The van der Waals surface area contributed by atoms with Gasteiger partial charge in [0.15, 0.2) is 5.82 Å². The number of hydrogen-bond donors (Lipinski definition) is 1. The standard InChI is InChI=1S/C12H19N3O2/c1-12(4-2-6-16-8-12)11-14-10(15-17-11)9-3-5-13-7-9/h9,13H,2-8H2,1H3. The number of nitrogens with one attached hydrogen (secondary N) is 1. The third-order valence-corrected chi connectivity index (χ3v) is 3.82. The first kappa shape index (κ1) is 11.2. The van der Waals surface area contributed by atoms with Crippen LogP contribution in [0.1, 0.15) is 43.8 Å². The van der Waals surface area contributed by atoms with E-state index in [-0.39, 0.29) is 5.41 Å². The molecular formula is C12H19N3O2. The maximum Gasteiger partial charge on any atom is 0.234 e. The highest BCUT2D eigenvalue weighted by Crippen LogP contribution is 2.32. The Morgan fingerprint density at radius 3 is 3.12 bits per heavy atom. The molecule has 1 aromatic heterocycles. The molecule has 0 amide bonds. The molecule has 2 fully saturated rings. The van der Waals surface area contributed by atoms with Crippen molar-refractivity contribution in [3.8, 4) is 0 Å². The van der Waals surface area contributed by atoms with E-state index >= 15 is 0 Å². The van der Waals surface area contributed by atoms with Gasteiger partial charge in [-0.05, 0) is 32.7 Å². The SMILES string of the molecule is CC1(c2nc(C3CCNC3)no2)CCCOC1. The third-order valence-electron chi connectivity index (χ3n) is 3.82. The van der Waals surface area contributed by atoms with Gasteiger partial charge in [-0.3, -0.25) is 0 Å². The molecule has 0 spiro atoms. The molecule has 5 heteroatoms. The summed E-state index contributed by atoms with van der Waals surface area (Å²) in [6, 6.07) is 0. The lowest BCUT2D eigenvalue weighted by atomic mass is 9.85. The topological polar surface area (TPSA) is 60.2 Å². The van der Waals surface area contributed by atoms with Crippen molar-refractivity contribution in [2.45, 2.75) is 37.5 Å². The number of ether oxygens (including phenoxy) is 1. The maximum atomic E-state index is 5.53. The molecule has 0 aliphatic carbocycles. The zero-order valence-corrected chi connectivity index (χ0v) is 10.2. The molecule has 2 atom stereocenters. The van der Waals surface area contributed by atoms with Gasteiger partial charge in [-0.25, -0.2) is 0 Å². The Balaban J connectivity index is 1.78. The molecule has 1 aromatic rings. The molecule has 2 saturated heterocycles. The first-order valence-electron chi connectivity index (χ1n) is 6.40. The lowest BCUT2D eigenvalue weighted by Gasteiger charge is -2.29. The maximum absolute atomic E-state index is 5.53. The number of nitrogens with zero attached hydrogens (tertiary/aromatic N) is 2. The first-order valence-corrected chi connectivity index (χ1v) is 6.40. The summed E-state index contributed by atoms with van der Waals surface area (Å²) in [5.74, 6) is 2.02. The lowest BCUT2D eigenvalue weighted by molar-refractivity contribution is 0.0282. The Labute approximate surface area is 101 Å². The zero-order valence-electron chi connectivity index (χ0n) is 10.2. The Kier molecular flexibility index (Phi) is 2.88.